The standard InChI is InChI=1S/C8H11NO3S/c1-5(2)13-4-6-3-7(8(10)11)12-9-6/h3,5H,4H2,1-2H3,(H,10,11). The topological polar surface area (TPSA) is 63.3 Å². The lowest BCUT2D eigenvalue weighted by Gasteiger charge is -1.99. The van der Waals surface area contributed by atoms with Gasteiger partial charge in [0.15, 0.2) is 0 Å². The van der Waals surface area contributed by atoms with Crippen molar-refractivity contribution in [2.45, 2.75) is 24.9 Å². The van der Waals surface area contributed by atoms with Gasteiger partial charge in [-0.2, -0.15) is 11.8 Å². The van der Waals surface area contributed by atoms with Crippen LogP contribution in [-0.2, 0) is 5.75 Å². The van der Waals surface area contributed by atoms with Crippen LogP contribution in [0.2, 0.25) is 0 Å². The third-order valence-corrected chi connectivity index (χ3v) is 2.46. The minimum Gasteiger partial charge on any atom is -0.475 e. The van der Waals surface area contributed by atoms with E-state index in [0.29, 0.717) is 16.7 Å². The highest BCUT2D eigenvalue weighted by Crippen LogP contribution is 2.16. The van der Waals surface area contributed by atoms with Crippen LogP contribution in [0.4, 0.5) is 0 Å². The molecule has 0 fully saturated rings. The summed E-state index contributed by atoms with van der Waals surface area (Å²) in [5.41, 5.74) is 0.677. The highest BCUT2D eigenvalue weighted by atomic mass is 32.2. The molecule has 0 aliphatic rings. The van der Waals surface area contributed by atoms with Gasteiger partial charge in [-0.3, -0.25) is 0 Å². The van der Waals surface area contributed by atoms with Crippen LogP contribution in [0.1, 0.15) is 30.1 Å². The number of aromatic nitrogens is 1. The number of nitrogens with zero attached hydrogens (tertiary/aromatic N) is 1. The number of aromatic carboxylic acids is 1. The van der Waals surface area contributed by atoms with Crippen LogP contribution in [0.3, 0.4) is 0 Å². The fraction of sp³-hybridized carbons (Fsp3) is 0.500. The van der Waals surface area contributed by atoms with Crippen LogP contribution in [-0.4, -0.2) is 21.5 Å². The fourth-order valence-electron chi connectivity index (χ4n) is 0.733. The predicted octanol–water partition coefficient (Wildman–Crippen LogP) is 2.01. The summed E-state index contributed by atoms with van der Waals surface area (Å²) in [7, 11) is 0. The molecular weight excluding hydrogens is 190 g/mol. The van der Waals surface area contributed by atoms with Gasteiger partial charge in [-0.15, -0.1) is 0 Å². The molecule has 1 N–H and O–H groups in total. The van der Waals surface area contributed by atoms with Crippen LogP contribution in [0.15, 0.2) is 10.6 Å². The Balaban J connectivity index is 2.54. The molecule has 0 unspecified atom stereocenters. The maximum Gasteiger partial charge on any atom is 0.374 e. The maximum absolute atomic E-state index is 10.4. The van der Waals surface area contributed by atoms with E-state index in [4.69, 9.17) is 5.11 Å². The molecule has 0 amide bonds. The van der Waals surface area contributed by atoms with Crippen molar-refractivity contribution in [2.75, 3.05) is 0 Å². The lowest BCUT2D eigenvalue weighted by molar-refractivity contribution is 0.0652. The molecule has 0 atom stereocenters. The molecule has 1 aromatic rings. The number of rotatable bonds is 4. The number of hydrogen-bond donors (Lipinski definition) is 1. The van der Waals surface area contributed by atoms with E-state index < -0.39 is 5.97 Å². The van der Waals surface area contributed by atoms with Crippen molar-refractivity contribution in [1.82, 2.24) is 5.16 Å². The van der Waals surface area contributed by atoms with Gasteiger partial charge in [0, 0.05) is 11.8 Å². The lowest BCUT2D eigenvalue weighted by Crippen LogP contribution is -1.92. The van der Waals surface area contributed by atoms with Gasteiger partial charge in [-0.1, -0.05) is 19.0 Å². The number of carboxylic acid groups (broad SMARTS) is 1. The second kappa shape index (κ2) is 4.32. The molecule has 1 rings (SSSR count). The first-order valence-corrected chi connectivity index (χ1v) is 4.95. The summed E-state index contributed by atoms with van der Waals surface area (Å²) in [6.07, 6.45) is 0. The highest BCUT2D eigenvalue weighted by molar-refractivity contribution is 7.99. The predicted molar refractivity (Wildman–Crippen MR) is 49.9 cm³/mol. The zero-order valence-electron chi connectivity index (χ0n) is 7.48. The second-order valence-corrected chi connectivity index (χ2v) is 4.41. The van der Waals surface area contributed by atoms with Crippen molar-refractivity contribution >= 4 is 17.7 Å². The van der Waals surface area contributed by atoms with Crippen LogP contribution in [0, 0.1) is 0 Å². The molecule has 5 heteroatoms. The second-order valence-electron chi connectivity index (χ2n) is 2.85. The molecule has 0 saturated carbocycles. The first kappa shape index (κ1) is 10.1. The van der Waals surface area contributed by atoms with Crippen molar-refractivity contribution in [3.05, 3.63) is 17.5 Å². The van der Waals surface area contributed by atoms with E-state index in [1.807, 2.05) is 0 Å². The quantitative estimate of drug-likeness (QED) is 0.807. The summed E-state index contributed by atoms with van der Waals surface area (Å²) >= 11 is 1.69. The van der Waals surface area contributed by atoms with Crippen molar-refractivity contribution in [3.8, 4) is 0 Å². The number of carboxylic acids is 1. The van der Waals surface area contributed by atoms with Gasteiger partial charge < -0.3 is 9.63 Å². The summed E-state index contributed by atoms with van der Waals surface area (Å²) in [4.78, 5) is 10.4. The van der Waals surface area contributed by atoms with E-state index in [1.54, 1.807) is 11.8 Å². The number of hydrogen-bond acceptors (Lipinski definition) is 4. The Bertz CT molecular complexity index is 295. The molecule has 13 heavy (non-hydrogen) atoms. The normalized spacial score (nSPS) is 10.7. The van der Waals surface area contributed by atoms with Gasteiger partial charge in [-0.25, -0.2) is 4.79 Å². The van der Waals surface area contributed by atoms with E-state index in [0.717, 1.165) is 0 Å². The van der Waals surface area contributed by atoms with E-state index in [-0.39, 0.29) is 5.76 Å². The van der Waals surface area contributed by atoms with Crippen molar-refractivity contribution < 1.29 is 14.4 Å². The van der Waals surface area contributed by atoms with E-state index in [9.17, 15) is 4.79 Å². The molecule has 0 aromatic carbocycles. The SMILES string of the molecule is CC(C)SCc1cc(C(=O)O)on1. The van der Waals surface area contributed by atoms with Crippen LogP contribution in [0.25, 0.3) is 0 Å². The Labute approximate surface area is 80.3 Å². The van der Waals surface area contributed by atoms with E-state index in [1.165, 1.54) is 6.07 Å². The molecule has 0 aliphatic heterocycles. The van der Waals surface area contributed by atoms with Crippen LogP contribution < -0.4 is 0 Å². The molecule has 0 saturated heterocycles. The molecule has 72 valence electrons. The Morgan fingerprint density at radius 3 is 2.92 bits per heavy atom. The summed E-state index contributed by atoms with van der Waals surface area (Å²) < 4.78 is 4.60. The smallest absolute Gasteiger partial charge is 0.374 e. The highest BCUT2D eigenvalue weighted by Gasteiger charge is 2.10. The molecule has 0 aliphatic carbocycles. The summed E-state index contributed by atoms with van der Waals surface area (Å²) in [5.74, 6) is -0.485. The maximum atomic E-state index is 10.4. The summed E-state index contributed by atoms with van der Waals surface area (Å²) in [5, 5.41) is 12.7. The van der Waals surface area contributed by atoms with Crippen molar-refractivity contribution in [1.29, 1.82) is 0 Å². The van der Waals surface area contributed by atoms with Gasteiger partial charge >= 0.3 is 5.97 Å². The molecule has 1 aromatic heterocycles. The first-order chi connectivity index (χ1) is 6.09. The Hall–Kier alpha value is -0.970. The fourth-order valence-corrected chi connectivity index (χ4v) is 1.37. The Kier molecular flexibility index (Phi) is 3.36. The molecular formula is C8H11NO3S. The summed E-state index contributed by atoms with van der Waals surface area (Å²) in [6.45, 7) is 4.14. The monoisotopic (exact) mass is 201 g/mol. The third kappa shape index (κ3) is 3.10. The average Bonchev–Trinajstić information content (AvgIpc) is 2.48. The molecule has 4 nitrogen and oxygen atoms in total. The van der Waals surface area contributed by atoms with Gasteiger partial charge in [0.1, 0.15) is 0 Å². The number of thioether (sulfide) groups is 1. The lowest BCUT2D eigenvalue weighted by atomic mass is 10.4. The van der Waals surface area contributed by atoms with Crippen molar-refractivity contribution in [2.24, 2.45) is 0 Å². The van der Waals surface area contributed by atoms with Crippen molar-refractivity contribution in [3.63, 3.8) is 0 Å². The minimum atomic E-state index is -1.08. The number of carbonyl (C=O) groups is 1. The molecule has 0 spiro atoms. The Morgan fingerprint density at radius 1 is 1.77 bits per heavy atom. The average molecular weight is 201 g/mol. The largest absolute Gasteiger partial charge is 0.475 e. The van der Waals surface area contributed by atoms with E-state index in [2.05, 4.69) is 23.5 Å². The van der Waals surface area contributed by atoms with Gasteiger partial charge in [0.25, 0.3) is 0 Å². The van der Waals surface area contributed by atoms with Crippen LogP contribution in [0.5, 0.6) is 0 Å². The van der Waals surface area contributed by atoms with Gasteiger partial charge in [-0.05, 0) is 5.25 Å². The third-order valence-electron chi connectivity index (χ3n) is 1.33. The first-order valence-electron chi connectivity index (χ1n) is 3.90. The van der Waals surface area contributed by atoms with Crippen LogP contribution >= 0.6 is 11.8 Å². The zero-order chi connectivity index (χ0) is 9.84. The van der Waals surface area contributed by atoms with Gasteiger partial charge in [0.05, 0.1) is 5.69 Å². The zero-order valence-corrected chi connectivity index (χ0v) is 8.30. The minimum absolute atomic E-state index is 0.0978. The Morgan fingerprint density at radius 2 is 2.46 bits per heavy atom. The van der Waals surface area contributed by atoms with E-state index >= 15 is 0 Å². The summed E-state index contributed by atoms with van der Waals surface area (Å²) in [6, 6.07) is 1.46. The molecule has 0 radical (unpaired) electrons. The molecule has 1 heterocycles. The molecule has 0 bridgehead atoms. The van der Waals surface area contributed by atoms with Gasteiger partial charge in [0.2, 0.25) is 5.76 Å².